The molecular formula is C13H26N2OS. The first kappa shape index (κ1) is 14.8. The number of piperidine rings is 1. The first-order valence-corrected chi connectivity index (χ1v) is 7.95. The summed E-state index contributed by atoms with van der Waals surface area (Å²) >= 11 is 1.88. The highest BCUT2D eigenvalue weighted by atomic mass is 32.2. The second kappa shape index (κ2) is 8.81. The summed E-state index contributed by atoms with van der Waals surface area (Å²) in [6, 6.07) is 0.306. The molecule has 4 heteroatoms. The molecule has 100 valence electrons. The predicted octanol–water partition coefficient (Wildman–Crippen LogP) is 2.02. The summed E-state index contributed by atoms with van der Waals surface area (Å²) in [7, 11) is 0. The van der Waals surface area contributed by atoms with E-state index in [1.165, 1.54) is 12.8 Å². The highest BCUT2D eigenvalue weighted by Gasteiger charge is 2.15. The fraction of sp³-hybridized carbons (Fsp3) is 0.923. The molecule has 0 aliphatic carbocycles. The van der Waals surface area contributed by atoms with Gasteiger partial charge in [-0.1, -0.05) is 6.92 Å². The second-order valence-corrected chi connectivity index (χ2v) is 6.18. The molecule has 0 bridgehead atoms. The summed E-state index contributed by atoms with van der Waals surface area (Å²) in [4.78, 5) is 11.7. The molecule has 1 saturated heterocycles. The summed E-state index contributed by atoms with van der Waals surface area (Å²) in [6.07, 6.45) is 4.22. The molecule has 1 aliphatic rings. The largest absolute Gasteiger partial charge is 0.353 e. The number of carbonyl (C=O) groups is 1. The lowest BCUT2D eigenvalue weighted by Crippen LogP contribution is -2.35. The van der Waals surface area contributed by atoms with Crippen molar-refractivity contribution in [1.29, 1.82) is 0 Å². The maximum absolute atomic E-state index is 11.7. The molecular weight excluding hydrogens is 232 g/mol. The van der Waals surface area contributed by atoms with E-state index in [0.29, 0.717) is 12.5 Å². The molecule has 0 spiro atoms. The van der Waals surface area contributed by atoms with Gasteiger partial charge in [0.1, 0.15) is 0 Å². The van der Waals surface area contributed by atoms with Gasteiger partial charge >= 0.3 is 0 Å². The van der Waals surface area contributed by atoms with Crippen molar-refractivity contribution in [3.8, 4) is 0 Å². The molecule has 1 atom stereocenters. The van der Waals surface area contributed by atoms with E-state index < -0.39 is 0 Å². The monoisotopic (exact) mass is 258 g/mol. The van der Waals surface area contributed by atoms with Crippen LogP contribution in [0.1, 0.15) is 39.5 Å². The number of amides is 1. The summed E-state index contributed by atoms with van der Waals surface area (Å²) in [6.45, 7) is 6.48. The normalized spacial score (nSPS) is 18.9. The molecule has 17 heavy (non-hydrogen) atoms. The molecule has 1 heterocycles. The van der Waals surface area contributed by atoms with Crippen LogP contribution in [0.15, 0.2) is 0 Å². The third-order valence-corrected chi connectivity index (χ3v) is 4.36. The zero-order valence-electron chi connectivity index (χ0n) is 11.1. The molecule has 1 rings (SSSR count). The van der Waals surface area contributed by atoms with Gasteiger partial charge < -0.3 is 10.6 Å². The van der Waals surface area contributed by atoms with Crippen LogP contribution >= 0.6 is 11.8 Å². The van der Waals surface area contributed by atoms with Crippen LogP contribution in [0.5, 0.6) is 0 Å². The zero-order chi connectivity index (χ0) is 12.5. The predicted molar refractivity (Wildman–Crippen MR) is 75.4 cm³/mol. The van der Waals surface area contributed by atoms with Crippen LogP contribution in [-0.2, 0) is 4.79 Å². The van der Waals surface area contributed by atoms with Crippen molar-refractivity contribution in [1.82, 2.24) is 10.6 Å². The number of rotatable bonds is 7. The van der Waals surface area contributed by atoms with E-state index in [4.69, 9.17) is 0 Å². The van der Waals surface area contributed by atoms with Crippen LogP contribution in [0.4, 0.5) is 0 Å². The van der Waals surface area contributed by atoms with Gasteiger partial charge in [-0.2, -0.15) is 11.8 Å². The van der Waals surface area contributed by atoms with Gasteiger partial charge in [0.2, 0.25) is 5.91 Å². The topological polar surface area (TPSA) is 41.1 Å². The van der Waals surface area contributed by atoms with Gasteiger partial charge in [-0.25, -0.2) is 0 Å². The molecule has 1 fully saturated rings. The Kier molecular flexibility index (Phi) is 7.69. The van der Waals surface area contributed by atoms with Crippen molar-refractivity contribution in [3.63, 3.8) is 0 Å². The Labute approximate surface area is 109 Å². The minimum absolute atomic E-state index is 0.229. The van der Waals surface area contributed by atoms with E-state index in [2.05, 4.69) is 24.5 Å². The highest BCUT2D eigenvalue weighted by Crippen LogP contribution is 2.17. The fourth-order valence-corrected chi connectivity index (χ4v) is 2.86. The molecule has 1 aliphatic heterocycles. The third-order valence-electron chi connectivity index (χ3n) is 3.22. The molecule has 3 nitrogen and oxygen atoms in total. The van der Waals surface area contributed by atoms with E-state index in [9.17, 15) is 4.79 Å². The van der Waals surface area contributed by atoms with Crippen LogP contribution < -0.4 is 10.6 Å². The molecule has 0 aromatic carbocycles. The Morgan fingerprint density at radius 3 is 2.82 bits per heavy atom. The number of thioether (sulfide) groups is 1. The van der Waals surface area contributed by atoms with Gasteiger partial charge in [0.15, 0.2) is 0 Å². The third kappa shape index (κ3) is 6.94. The molecule has 0 saturated carbocycles. The maximum Gasteiger partial charge on any atom is 0.220 e. The van der Waals surface area contributed by atoms with Crippen LogP contribution in [0, 0.1) is 5.92 Å². The Bertz CT molecular complexity index is 217. The van der Waals surface area contributed by atoms with E-state index >= 15 is 0 Å². The van der Waals surface area contributed by atoms with Crippen molar-refractivity contribution < 1.29 is 4.79 Å². The molecule has 0 radical (unpaired) electrons. The summed E-state index contributed by atoms with van der Waals surface area (Å²) in [5.41, 5.74) is 0. The van der Waals surface area contributed by atoms with Crippen LogP contribution in [0.3, 0.4) is 0 Å². The lowest BCUT2D eigenvalue weighted by molar-refractivity contribution is -0.121. The summed E-state index contributed by atoms with van der Waals surface area (Å²) in [5, 5.41) is 6.43. The summed E-state index contributed by atoms with van der Waals surface area (Å²) in [5.74, 6) is 3.13. The molecule has 1 amide bonds. The van der Waals surface area contributed by atoms with Crippen molar-refractivity contribution in [2.45, 2.75) is 45.6 Å². The molecule has 0 aromatic rings. The minimum Gasteiger partial charge on any atom is -0.353 e. The highest BCUT2D eigenvalue weighted by molar-refractivity contribution is 7.99. The van der Waals surface area contributed by atoms with Gasteiger partial charge in [0, 0.05) is 18.2 Å². The van der Waals surface area contributed by atoms with Gasteiger partial charge in [-0.15, -0.1) is 0 Å². The van der Waals surface area contributed by atoms with E-state index in [1.807, 2.05) is 11.8 Å². The fourth-order valence-electron chi connectivity index (χ4n) is 2.19. The Morgan fingerprint density at radius 1 is 1.47 bits per heavy atom. The van der Waals surface area contributed by atoms with Crippen LogP contribution in [-0.4, -0.2) is 36.5 Å². The smallest absolute Gasteiger partial charge is 0.220 e. The minimum atomic E-state index is 0.229. The average molecular weight is 258 g/mol. The van der Waals surface area contributed by atoms with Crippen molar-refractivity contribution >= 4 is 17.7 Å². The second-order valence-electron chi connectivity index (χ2n) is 4.86. The van der Waals surface area contributed by atoms with Gasteiger partial charge in [0.05, 0.1) is 0 Å². The van der Waals surface area contributed by atoms with E-state index in [0.717, 1.165) is 36.9 Å². The van der Waals surface area contributed by atoms with Gasteiger partial charge in [-0.3, -0.25) is 4.79 Å². The van der Waals surface area contributed by atoms with Gasteiger partial charge in [-0.05, 0) is 50.9 Å². The van der Waals surface area contributed by atoms with Crippen molar-refractivity contribution in [2.75, 3.05) is 24.6 Å². The summed E-state index contributed by atoms with van der Waals surface area (Å²) < 4.78 is 0. The average Bonchev–Trinajstić information content (AvgIpc) is 2.35. The SMILES string of the molecule is CCSCC(C)NC(=O)CCC1CCNCC1. The molecule has 0 aromatic heterocycles. The van der Waals surface area contributed by atoms with E-state index in [1.54, 1.807) is 0 Å². The van der Waals surface area contributed by atoms with Gasteiger partial charge in [0.25, 0.3) is 0 Å². The van der Waals surface area contributed by atoms with Crippen molar-refractivity contribution in [2.24, 2.45) is 5.92 Å². The number of hydrogen-bond donors (Lipinski definition) is 2. The lowest BCUT2D eigenvalue weighted by atomic mass is 9.93. The molecule has 2 N–H and O–H groups in total. The Morgan fingerprint density at radius 2 is 2.18 bits per heavy atom. The molecule has 1 unspecified atom stereocenters. The first-order valence-electron chi connectivity index (χ1n) is 6.80. The lowest BCUT2D eigenvalue weighted by Gasteiger charge is -2.22. The standard InChI is InChI=1S/C13H26N2OS/c1-3-17-10-11(2)15-13(16)5-4-12-6-8-14-9-7-12/h11-12,14H,3-10H2,1-2H3,(H,15,16). The number of carbonyl (C=O) groups excluding carboxylic acids is 1. The zero-order valence-corrected chi connectivity index (χ0v) is 11.9. The number of nitrogens with one attached hydrogen (secondary N) is 2. The van der Waals surface area contributed by atoms with E-state index in [-0.39, 0.29) is 5.91 Å². The van der Waals surface area contributed by atoms with Crippen LogP contribution in [0.25, 0.3) is 0 Å². The first-order chi connectivity index (χ1) is 8.22. The Hall–Kier alpha value is -0.220. The Balaban J connectivity index is 2.07. The quantitative estimate of drug-likeness (QED) is 0.734. The number of hydrogen-bond acceptors (Lipinski definition) is 3. The van der Waals surface area contributed by atoms with Crippen LogP contribution in [0.2, 0.25) is 0 Å². The van der Waals surface area contributed by atoms with Crippen molar-refractivity contribution in [3.05, 3.63) is 0 Å². The maximum atomic E-state index is 11.7.